The molecule has 4 heterocycles. The number of amides is 1. The second kappa shape index (κ2) is 11.9. The fourth-order valence-electron chi connectivity index (χ4n) is 4.84. The van der Waals surface area contributed by atoms with Crippen LogP contribution in [0.3, 0.4) is 0 Å². The molecule has 1 fully saturated rings. The third-order valence-corrected chi connectivity index (χ3v) is 8.62. The van der Waals surface area contributed by atoms with Crippen molar-refractivity contribution in [1.29, 1.82) is 0 Å². The molecule has 14 heteroatoms. The van der Waals surface area contributed by atoms with Crippen LogP contribution in [0.5, 0.6) is 11.5 Å². The Kier molecular flexibility index (Phi) is 8.50. The minimum absolute atomic E-state index is 0.171. The van der Waals surface area contributed by atoms with Crippen molar-refractivity contribution in [2.24, 2.45) is 5.92 Å². The topological polar surface area (TPSA) is 144 Å². The van der Waals surface area contributed by atoms with Crippen LogP contribution >= 0.6 is 27.7 Å². The zero-order valence-electron chi connectivity index (χ0n) is 23.4. The number of nitrogens with two attached hydrogens (primary N) is 1. The summed E-state index contributed by atoms with van der Waals surface area (Å²) in [5.74, 6) is 2.04. The van der Waals surface area contributed by atoms with Crippen LogP contribution in [-0.2, 0) is 20.8 Å². The van der Waals surface area contributed by atoms with E-state index in [0.717, 1.165) is 22.2 Å². The molecule has 4 aliphatic heterocycles. The highest BCUT2D eigenvalue weighted by Gasteiger charge is 2.39. The average molecular weight is 650 g/mol. The lowest BCUT2D eigenvalue weighted by Crippen LogP contribution is -2.52. The SMILES string of the molecule is CCOC(=O)[C@H]1C[C@@H](CCn2cnc(N)c3nc(Sc4cc5c(cc4Br)OCO5)nc2-3)CCN1C(=O)OC(C)(C)C. The maximum absolute atomic E-state index is 12.8. The number of carbonyl (C=O) groups is 2. The van der Waals surface area contributed by atoms with E-state index in [2.05, 4.69) is 25.9 Å². The smallest absolute Gasteiger partial charge is 0.411 e. The number of likely N-dealkylation sites (tertiary alicyclic amines) is 1. The molecule has 2 N–H and O–H groups in total. The lowest BCUT2D eigenvalue weighted by atomic mass is 9.88. The summed E-state index contributed by atoms with van der Waals surface area (Å²) in [7, 11) is 0. The van der Waals surface area contributed by atoms with Crippen LogP contribution in [0, 0.1) is 5.92 Å². The second-order valence-corrected chi connectivity index (χ2v) is 12.7. The molecule has 220 valence electrons. The van der Waals surface area contributed by atoms with E-state index in [4.69, 9.17) is 29.7 Å². The van der Waals surface area contributed by atoms with Crippen molar-refractivity contribution in [3.05, 3.63) is 22.9 Å². The molecule has 0 spiro atoms. The summed E-state index contributed by atoms with van der Waals surface area (Å²) in [6.45, 7) is 8.60. The predicted molar refractivity (Wildman–Crippen MR) is 154 cm³/mol. The number of hydrogen-bond donors (Lipinski definition) is 1. The van der Waals surface area contributed by atoms with Gasteiger partial charge in [0.05, 0.1) is 12.9 Å². The number of aromatic nitrogens is 4. The lowest BCUT2D eigenvalue weighted by Gasteiger charge is -2.38. The quantitative estimate of drug-likeness (QED) is 0.347. The van der Waals surface area contributed by atoms with E-state index in [0.29, 0.717) is 53.5 Å². The van der Waals surface area contributed by atoms with Gasteiger partial charge in [0, 0.05) is 22.5 Å². The molecule has 0 aromatic heterocycles. The number of nitrogen functional groups attached to an aromatic ring is 1. The minimum atomic E-state index is -0.694. The number of hydrogen-bond acceptors (Lipinski definition) is 11. The summed E-state index contributed by atoms with van der Waals surface area (Å²) >= 11 is 4.96. The Hall–Kier alpha value is -3.26. The summed E-state index contributed by atoms with van der Waals surface area (Å²) in [4.78, 5) is 41.8. The maximum atomic E-state index is 12.8. The van der Waals surface area contributed by atoms with Gasteiger partial charge in [-0.05, 0) is 92.7 Å². The summed E-state index contributed by atoms with van der Waals surface area (Å²) < 4.78 is 24.6. The van der Waals surface area contributed by atoms with Gasteiger partial charge in [-0.15, -0.1) is 0 Å². The Morgan fingerprint density at radius 3 is 2.71 bits per heavy atom. The van der Waals surface area contributed by atoms with E-state index in [1.54, 1.807) is 34.0 Å². The number of piperidine rings is 1. The van der Waals surface area contributed by atoms with Gasteiger partial charge in [0.1, 0.15) is 11.6 Å². The van der Waals surface area contributed by atoms with Crippen molar-refractivity contribution in [2.75, 3.05) is 25.7 Å². The first kappa shape index (κ1) is 29.2. The molecule has 4 aliphatic rings. The first-order valence-electron chi connectivity index (χ1n) is 13.4. The number of ether oxygens (including phenoxy) is 4. The van der Waals surface area contributed by atoms with Crippen LogP contribution in [0.2, 0.25) is 0 Å². The van der Waals surface area contributed by atoms with Crippen LogP contribution in [0.4, 0.5) is 10.6 Å². The van der Waals surface area contributed by atoms with Crippen molar-refractivity contribution in [2.45, 2.75) is 75.2 Å². The van der Waals surface area contributed by atoms with E-state index in [1.807, 2.05) is 16.7 Å². The average Bonchev–Trinajstić information content (AvgIpc) is 3.55. The number of esters is 1. The van der Waals surface area contributed by atoms with Gasteiger partial charge in [-0.1, -0.05) is 0 Å². The molecule has 1 aromatic rings. The van der Waals surface area contributed by atoms with Crippen LogP contribution in [0.15, 0.2) is 33.0 Å². The largest absolute Gasteiger partial charge is 0.464 e. The van der Waals surface area contributed by atoms with Crippen molar-refractivity contribution < 1.29 is 28.5 Å². The van der Waals surface area contributed by atoms with Crippen molar-refractivity contribution in [3.63, 3.8) is 0 Å². The summed E-state index contributed by atoms with van der Waals surface area (Å²) in [6.07, 6.45) is 3.12. The number of halogens is 1. The standard InChI is InChI=1S/C27H33BrN6O6S/c1-5-37-24(35)17-10-15(7-9-34(17)26(36)40-27(2,3)4)6-8-33-13-30-22(29)21-23(33)32-25(31-21)41-20-12-19-18(11-16(20)28)38-14-39-19/h11-13,15,17H,5-10,14,29H2,1-4H3/t15-,17+/m0/s1. The molecule has 0 aliphatic carbocycles. The van der Waals surface area contributed by atoms with Crippen molar-refractivity contribution in [3.8, 4) is 23.0 Å². The number of anilines is 1. The van der Waals surface area contributed by atoms with Crippen LogP contribution in [0.1, 0.15) is 47.0 Å². The number of aryl methyl sites for hydroxylation is 1. The van der Waals surface area contributed by atoms with Crippen LogP contribution in [0.25, 0.3) is 11.5 Å². The molecule has 0 saturated carbocycles. The first-order valence-corrected chi connectivity index (χ1v) is 15.0. The highest BCUT2D eigenvalue weighted by Crippen LogP contribution is 2.43. The van der Waals surface area contributed by atoms with Crippen LogP contribution < -0.4 is 15.2 Å². The summed E-state index contributed by atoms with van der Waals surface area (Å²) in [5, 5.41) is 0.529. The Morgan fingerprint density at radius 1 is 1.22 bits per heavy atom. The van der Waals surface area contributed by atoms with Gasteiger partial charge >= 0.3 is 12.1 Å². The maximum Gasteiger partial charge on any atom is 0.411 e. The van der Waals surface area contributed by atoms with E-state index >= 15 is 0 Å². The van der Waals surface area contributed by atoms with Crippen molar-refractivity contribution >= 4 is 45.6 Å². The molecule has 41 heavy (non-hydrogen) atoms. The molecule has 0 bridgehead atoms. The fraction of sp³-hybridized carbons (Fsp3) is 0.519. The number of fused-ring (bicyclic) bond motifs is 2. The zero-order valence-corrected chi connectivity index (χ0v) is 25.8. The molecule has 1 aromatic carbocycles. The number of nitrogens with zero attached hydrogens (tertiary/aromatic N) is 5. The monoisotopic (exact) mass is 648 g/mol. The number of rotatable bonds is 7. The van der Waals surface area contributed by atoms with E-state index in [-0.39, 0.29) is 19.3 Å². The van der Waals surface area contributed by atoms with Gasteiger partial charge in [0.15, 0.2) is 34.0 Å². The molecule has 2 atom stereocenters. The Labute approximate surface area is 250 Å². The Balaban J connectivity index is 1.29. The van der Waals surface area contributed by atoms with Gasteiger partial charge < -0.3 is 29.2 Å². The van der Waals surface area contributed by atoms with Gasteiger partial charge in [0.2, 0.25) is 6.79 Å². The zero-order chi connectivity index (χ0) is 29.3. The normalized spacial score (nSPS) is 18.5. The summed E-state index contributed by atoms with van der Waals surface area (Å²) in [6, 6.07) is 3.05. The lowest BCUT2D eigenvalue weighted by molar-refractivity contribution is -0.151. The molecule has 5 rings (SSSR count). The highest BCUT2D eigenvalue weighted by atomic mass is 79.9. The van der Waals surface area contributed by atoms with Gasteiger partial charge in [-0.2, -0.15) is 0 Å². The Morgan fingerprint density at radius 2 is 1.98 bits per heavy atom. The highest BCUT2D eigenvalue weighted by molar-refractivity contribution is 9.10. The van der Waals surface area contributed by atoms with Crippen LogP contribution in [-0.4, -0.2) is 68.1 Å². The molecule has 12 nitrogen and oxygen atoms in total. The molecule has 1 amide bonds. The number of benzene rings is 1. The van der Waals surface area contributed by atoms with Gasteiger partial charge in [-0.25, -0.2) is 24.5 Å². The summed E-state index contributed by atoms with van der Waals surface area (Å²) in [5.41, 5.74) is 6.02. The third kappa shape index (κ3) is 6.64. The molecule has 1 saturated heterocycles. The van der Waals surface area contributed by atoms with Gasteiger partial charge in [-0.3, -0.25) is 4.90 Å². The fourth-order valence-corrected chi connectivity index (χ4v) is 6.19. The second-order valence-electron chi connectivity index (χ2n) is 10.9. The third-order valence-electron chi connectivity index (χ3n) is 6.78. The minimum Gasteiger partial charge on any atom is -0.464 e. The Bertz CT molecular complexity index is 1410. The van der Waals surface area contributed by atoms with E-state index in [9.17, 15) is 9.59 Å². The van der Waals surface area contributed by atoms with E-state index < -0.39 is 23.7 Å². The van der Waals surface area contributed by atoms with Gasteiger partial charge in [0.25, 0.3) is 0 Å². The molecule has 0 radical (unpaired) electrons. The van der Waals surface area contributed by atoms with E-state index in [1.165, 1.54) is 16.7 Å². The molecule has 0 unspecified atom stereocenters. The van der Waals surface area contributed by atoms with Crippen molar-refractivity contribution in [1.82, 2.24) is 24.4 Å². The number of carbonyl (C=O) groups excluding carboxylic acids is 2. The number of imidazole rings is 1. The predicted octanol–water partition coefficient (Wildman–Crippen LogP) is 4.97. The molecular weight excluding hydrogens is 616 g/mol. The first-order chi connectivity index (χ1) is 19.5. The molecular formula is C27H33BrN6O6S.